The molecule has 0 saturated heterocycles. The number of aromatic amines is 8. The number of rotatable bonds is 32. The van der Waals surface area contributed by atoms with Crippen LogP contribution in [0.25, 0.3) is 87.2 Å². The predicted octanol–water partition coefficient (Wildman–Crippen LogP) is 11.4. The van der Waals surface area contributed by atoms with E-state index in [0.29, 0.717) is 0 Å². The van der Waals surface area contributed by atoms with Crippen LogP contribution in [0.2, 0.25) is 0 Å². The van der Waals surface area contributed by atoms with Gasteiger partial charge in [0.2, 0.25) is 0 Å². The summed E-state index contributed by atoms with van der Waals surface area (Å²) in [5.74, 6) is 0. The molecule has 0 amide bonds. The average Bonchev–Trinajstić information content (AvgIpc) is 1.65. The van der Waals surface area contributed by atoms with Crippen LogP contribution in [0.1, 0.15) is 137 Å². The van der Waals surface area contributed by atoms with Crippen molar-refractivity contribution in [1.29, 1.82) is 0 Å². The van der Waals surface area contributed by atoms with Crippen LogP contribution < -0.4 is 106 Å². The third kappa shape index (κ3) is 40.0. The van der Waals surface area contributed by atoms with Crippen LogP contribution in [-0.4, -0.2) is 269 Å². The van der Waals surface area contributed by atoms with Gasteiger partial charge < -0.3 is 29.7 Å². The van der Waals surface area contributed by atoms with E-state index in [4.69, 9.17) is 0 Å². The third-order valence-corrected chi connectivity index (χ3v) is 36.4. The molecule has 24 heteroatoms. The number of aromatic nitrogens is 8. The minimum Gasteiger partial charge on any atom is -0.361 e. The second kappa shape index (κ2) is 68.2. The molecule has 8 aromatic carbocycles. The van der Waals surface area contributed by atoms with Crippen molar-refractivity contribution in [3.8, 4) is 0 Å². The number of nitrogens with one attached hydrogen (secondary N) is 8. The molecule has 16 aromatic rings. The zero-order valence-corrected chi connectivity index (χ0v) is 99.5. The Morgan fingerprint density at radius 1 is 0.252 bits per heavy atom. The van der Waals surface area contributed by atoms with Crippen LogP contribution in [-0.2, 0) is 64.6 Å². The maximum atomic E-state index is 3.60. The van der Waals surface area contributed by atoms with Crippen molar-refractivity contribution in [2.45, 2.75) is 145 Å². The Kier molecular flexibility index (Phi) is 65.1. The molecule has 16 nitrogen and oxygen atoms in total. The first-order chi connectivity index (χ1) is 62.9. The van der Waals surface area contributed by atoms with E-state index in [-0.39, 0.29) is 165 Å². The molecule has 0 atom stereocenters. The van der Waals surface area contributed by atoms with E-state index in [1.165, 1.54) is 161 Å². The standard InChI is InChI=1S/2C14H20IN2.C14H19IN2.3C13H18IN2.2C13H17IN2.8CH4/c1-10-5-6-12-13(14(10)15-2)11(9-16-12)7-8-17(3)4;1-10-5-6-13-12(9-10)11(7-8-17(3)4)14(15-2)16-13;1-10-6-13-11(4-5-17(2)3)9-16-14(13)7-12(10)8-15;2*1-14-11-5-4-6-12-13(11)10(9-15-12)7-8-16(2)3;1-14-13-11(8-9-16(2)3)10-6-4-5-7-12(10)15-13;1-16(2)6-5-11-9-15-13-4-3-10(8-14)7-12(11)13;1-16(2)6-5-11-9-15-13-7-10(8-14)3-4-12(11)13;;;;;;;;/h2*5-6,9,16H,7-8H2,1-4H3;6-7,9,16H,4-5,8H2,1-3H3;2*4-6,9,15H,7-8H2,1-3H3;4-7,15H,8-9H2,1-3H3;2*3-4,7,9,15H,5-6,8H2,1-2H3;8*1H4/q2*-1;;3*-1;;;;;;;;;;. The fraction of sp³-hybridized carbons (Fsp3) is 0.443. The summed E-state index contributed by atoms with van der Waals surface area (Å²) < 4.78 is 11.0. The van der Waals surface area contributed by atoms with Crippen molar-refractivity contribution in [3.05, 3.63) is 273 Å². The van der Waals surface area contributed by atoms with E-state index >= 15 is 0 Å². The maximum Gasteiger partial charge on any atom is 0.0460 e. The van der Waals surface area contributed by atoms with Crippen molar-refractivity contribution < 1.29 is 106 Å². The Morgan fingerprint density at radius 2 is 0.597 bits per heavy atom. The first-order valence-electron chi connectivity index (χ1n) is 45.0. The van der Waals surface area contributed by atoms with Gasteiger partial charge in [0.1, 0.15) is 0 Å². The van der Waals surface area contributed by atoms with Crippen LogP contribution in [0.4, 0.5) is 0 Å². The summed E-state index contributed by atoms with van der Waals surface area (Å²) in [5.41, 5.74) is 30.5. The van der Waals surface area contributed by atoms with E-state index < -0.39 is 0 Å². The summed E-state index contributed by atoms with van der Waals surface area (Å²) in [6.45, 7) is 15.5. The van der Waals surface area contributed by atoms with Gasteiger partial charge in [-0.1, -0.05) is 145 Å². The fourth-order valence-corrected chi connectivity index (χ4v) is 26.7. The number of alkyl halides is 8. The minimum absolute atomic E-state index is 0. The Morgan fingerprint density at radius 3 is 1.03 bits per heavy atom. The average molecular weight is 2800 g/mol. The quantitative estimate of drug-likeness (QED) is 0.0153. The van der Waals surface area contributed by atoms with Gasteiger partial charge in [-0.2, -0.15) is 0 Å². The summed E-state index contributed by atoms with van der Waals surface area (Å²) in [5, 5.41) is 11.5. The van der Waals surface area contributed by atoms with Crippen LogP contribution in [0, 0.1) is 38.9 Å². The van der Waals surface area contributed by atoms with E-state index in [2.05, 4.69) is 482 Å². The SMILES string of the molecule is C.C.C.C.C.C.C.C.CN(C)CCc1c[nH]c2cc(CI)ccc12.CN(C)CCc1c[nH]c2ccc(CI)cc12.C[I-]c1[nH]c2ccc(C)cc2c1CCN(C)C.C[I-]c1[nH]c2ccccc2c1CCN(C)C.C[I-]c1c(C)ccc2[nH]cc(CCN(C)C)c12.C[I-]c1cccc2[nH]cc(CCN(C)C)c12.C[I-]c1cccc2[nH]cc(CCN(C)C)c12.Cc1cc2c(CCN(C)C)c[nH]c2cc1CI. The Balaban J connectivity index is 0.000000788. The molecule has 16 rings (SSSR count). The van der Waals surface area contributed by atoms with Gasteiger partial charge in [-0.3, -0.25) is 0 Å². The summed E-state index contributed by atoms with van der Waals surface area (Å²) >= 11 is 7.93. The second-order valence-corrected chi connectivity index (χ2v) is 48.9. The molecule has 0 aliphatic carbocycles. The second-order valence-electron chi connectivity index (χ2n) is 35.6. The first-order valence-corrected chi connectivity index (χ1v) is 65.8. The maximum absolute atomic E-state index is 3.60. The van der Waals surface area contributed by atoms with Crippen LogP contribution in [0.3, 0.4) is 0 Å². The van der Waals surface area contributed by atoms with Crippen molar-refractivity contribution in [2.24, 2.45) is 0 Å². The molecule has 0 fully saturated rings. The largest absolute Gasteiger partial charge is 0.361 e. The number of hydrogen-bond donors (Lipinski definition) is 8. The van der Waals surface area contributed by atoms with Gasteiger partial charge in [-0.15, -0.1) is 0 Å². The van der Waals surface area contributed by atoms with E-state index in [9.17, 15) is 0 Å². The predicted molar refractivity (Wildman–Crippen MR) is 629 cm³/mol. The van der Waals surface area contributed by atoms with Gasteiger partial charge in [-0.05, 0) is 138 Å². The van der Waals surface area contributed by atoms with Crippen LogP contribution in [0.5, 0.6) is 0 Å². The summed E-state index contributed by atoms with van der Waals surface area (Å²) in [7, 11) is 34.0. The third-order valence-electron chi connectivity index (χ3n) is 23.2. The number of hydrogen-bond acceptors (Lipinski definition) is 8. The Bertz CT molecular complexity index is 6030. The van der Waals surface area contributed by atoms with Gasteiger partial charge in [-0.25, -0.2) is 0 Å². The normalized spacial score (nSPS) is 11.0. The van der Waals surface area contributed by atoms with Crippen molar-refractivity contribution in [3.63, 3.8) is 0 Å². The van der Waals surface area contributed by atoms with Crippen molar-refractivity contribution in [2.75, 3.05) is 190 Å². The molecule has 0 aliphatic rings. The molecule has 8 heterocycles. The molecule has 0 spiro atoms. The summed E-state index contributed by atoms with van der Waals surface area (Å²) in [6.07, 6.45) is 22.0. The zero-order chi connectivity index (χ0) is 95.0. The molecule has 0 saturated carbocycles. The van der Waals surface area contributed by atoms with Crippen molar-refractivity contribution >= 4 is 155 Å². The minimum atomic E-state index is 0. The number of aryl methyl sites for hydroxylation is 3. The number of benzene rings is 8. The Labute approximate surface area is 935 Å². The zero-order valence-electron chi connectivity index (χ0n) is 82.3. The molecule has 0 unspecified atom stereocenters. The molecule has 0 bridgehead atoms. The number of para-hydroxylation sites is 1. The van der Waals surface area contributed by atoms with Gasteiger partial charge in [0.15, 0.2) is 0 Å². The van der Waals surface area contributed by atoms with Gasteiger partial charge in [0.05, 0.1) is 0 Å². The van der Waals surface area contributed by atoms with E-state index in [1.807, 2.05) is 0 Å². The number of nitrogens with zero attached hydrogens (tertiary/aromatic N) is 8. The molecule has 8 aromatic heterocycles. The molecule has 8 N–H and O–H groups in total. The molecular weight excluding hydrogens is 2620 g/mol. The number of halogens is 8. The first kappa shape index (κ1) is 133. The molecule has 780 valence electrons. The smallest absolute Gasteiger partial charge is 0.0460 e. The van der Waals surface area contributed by atoms with Crippen molar-refractivity contribution in [1.82, 2.24) is 79.1 Å². The summed E-state index contributed by atoms with van der Waals surface area (Å²) in [6, 6.07) is 51.1. The van der Waals surface area contributed by atoms with Crippen LogP contribution in [0.15, 0.2) is 177 Å². The molecule has 0 aliphatic heterocycles. The summed E-state index contributed by atoms with van der Waals surface area (Å²) in [4.78, 5) is 57.0. The molecular formula is C115H179I8N16-5. The monoisotopic (exact) mass is 2800 g/mol. The van der Waals surface area contributed by atoms with Crippen LogP contribution >= 0.6 is 67.8 Å². The number of fused-ring (bicyclic) bond motifs is 8. The van der Waals surface area contributed by atoms with E-state index in [0.717, 1.165) is 117 Å². The number of H-pyrrole nitrogens is 8. The molecule has 139 heavy (non-hydrogen) atoms. The van der Waals surface area contributed by atoms with Gasteiger partial charge in [0, 0.05) is 84.2 Å². The van der Waals surface area contributed by atoms with Gasteiger partial charge >= 0.3 is 550 Å². The fourth-order valence-electron chi connectivity index (χ4n) is 15.7. The van der Waals surface area contributed by atoms with Gasteiger partial charge in [0.25, 0.3) is 0 Å². The topological polar surface area (TPSA) is 152 Å². The number of likely N-dealkylation sites (N-methyl/N-ethyl adjacent to an activating group) is 8. The van der Waals surface area contributed by atoms with E-state index in [1.54, 1.807) is 21.8 Å². The molecule has 0 radical (unpaired) electrons. The Hall–Kier alpha value is -4.40.